The topological polar surface area (TPSA) is 37.3 Å². The highest BCUT2D eigenvalue weighted by Crippen LogP contribution is 2.35. The van der Waals surface area contributed by atoms with Gasteiger partial charge in [0.15, 0.2) is 0 Å². The number of benzene rings is 1. The lowest BCUT2D eigenvalue weighted by Gasteiger charge is -2.13. The van der Waals surface area contributed by atoms with Gasteiger partial charge in [0.2, 0.25) is 0 Å². The molecule has 0 unspecified atom stereocenters. The maximum atomic E-state index is 12.8. The van der Waals surface area contributed by atoms with Crippen molar-refractivity contribution in [1.82, 2.24) is 0 Å². The number of hydrogen-bond donors (Lipinski definition) is 1. The highest BCUT2D eigenvalue weighted by atomic mass is 32.2. The molecule has 0 aromatic heterocycles. The number of halogens is 2. The van der Waals surface area contributed by atoms with E-state index in [4.69, 9.17) is 5.11 Å². The van der Waals surface area contributed by atoms with E-state index in [1.54, 1.807) is 6.92 Å². The van der Waals surface area contributed by atoms with Crippen LogP contribution in [-0.2, 0) is 0 Å². The van der Waals surface area contributed by atoms with Crippen LogP contribution in [0.1, 0.15) is 41.3 Å². The van der Waals surface area contributed by atoms with E-state index in [0.29, 0.717) is 16.2 Å². The van der Waals surface area contributed by atoms with Crippen LogP contribution in [0.15, 0.2) is 17.0 Å². The lowest BCUT2D eigenvalue weighted by atomic mass is 10.1. The fourth-order valence-electron chi connectivity index (χ4n) is 1.51. The van der Waals surface area contributed by atoms with Gasteiger partial charge in [0.05, 0.1) is 5.56 Å². The molecular formula is C12H14F2O2S. The van der Waals surface area contributed by atoms with Crippen LogP contribution in [0.3, 0.4) is 0 Å². The fraction of sp³-hybridized carbons (Fsp3) is 0.417. The van der Waals surface area contributed by atoms with Crippen LogP contribution in [0.4, 0.5) is 8.78 Å². The molecule has 0 saturated carbocycles. The summed E-state index contributed by atoms with van der Waals surface area (Å²) in [4.78, 5) is 11.3. The van der Waals surface area contributed by atoms with Gasteiger partial charge >= 0.3 is 5.97 Å². The van der Waals surface area contributed by atoms with Crippen molar-refractivity contribution in [1.29, 1.82) is 0 Å². The fourth-order valence-corrected chi connectivity index (χ4v) is 2.57. The standard InChI is InChI=1S/C12H14F2O2S/c1-3-6-17-10-7(2)8(12(15)16)4-5-9(10)11(13)14/h4-5,11H,3,6H2,1-2H3,(H,15,16). The normalized spacial score (nSPS) is 10.9. The minimum Gasteiger partial charge on any atom is -0.478 e. The van der Waals surface area contributed by atoms with Gasteiger partial charge in [-0.05, 0) is 30.7 Å². The second kappa shape index (κ2) is 6.00. The molecule has 0 amide bonds. The number of hydrogen-bond acceptors (Lipinski definition) is 2. The van der Waals surface area contributed by atoms with Gasteiger partial charge in [-0.2, -0.15) is 0 Å². The maximum absolute atomic E-state index is 12.8. The summed E-state index contributed by atoms with van der Waals surface area (Å²) in [5.74, 6) is -0.384. The summed E-state index contributed by atoms with van der Waals surface area (Å²) in [6.45, 7) is 3.53. The van der Waals surface area contributed by atoms with Crippen molar-refractivity contribution < 1.29 is 18.7 Å². The molecule has 1 N–H and O–H groups in total. The Hall–Kier alpha value is -1.10. The highest BCUT2D eigenvalue weighted by molar-refractivity contribution is 7.99. The van der Waals surface area contributed by atoms with Crippen LogP contribution in [0.5, 0.6) is 0 Å². The summed E-state index contributed by atoms with van der Waals surface area (Å²) < 4.78 is 25.6. The van der Waals surface area contributed by atoms with E-state index in [1.165, 1.54) is 23.9 Å². The predicted molar refractivity (Wildman–Crippen MR) is 64.1 cm³/mol. The van der Waals surface area contributed by atoms with Crippen LogP contribution in [0.25, 0.3) is 0 Å². The van der Waals surface area contributed by atoms with Gasteiger partial charge in [0.25, 0.3) is 6.43 Å². The highest BCUT2D eigenvalue weighted by Gasteiger charge is 2.19. The van der Waals surface area contributed by atoms with E-state index in [9.17, 15) is 13.6 Å². The summed E-state index contributed by atoms with van der Waals surface area (Å²) in [7, 11) is 0. The number of rotatable bonds is 5. The molecule has 0 spiro atoms. The van der Waals surface area contributed by atoms with E-state index in [0.717, 1.165) is 6.42 Å². The third-order valence-electron chi connectivity index (χ3n) is 2.35. The van der Waals surface area contributed by atoms with Gasteiger partial charge < -0.3 is 5.11 Å². The Morgan fingerprint density at radius 3 is 2.59 bits per heavy atom. The van der Waals surface area contributed by atoms with E-state index in [2.05, 4.69) is 0 Å². The Morgan fingerprint density at radius 2 is 2.12 bits per heavy atom. The SMILES string of the molecule is CCCSc1c(C(F)F)ccc(C(=O)O)c1C. The van der Waals surface area contributed by atoms with Crippen molar-refractivity contribution >= 4 is 17.7 Å². The van der Waals surface area contributed by atoms with Gasteiger partial charge in [-0.3, -0.25) is 0 Å². The lowest BCUT2D eigenvalue weighted by Crippen LogP contribution is -2.03. The number of thioether (sulfide) groups is 1. The van der Waals surface area contributed by atoms with Crippen LogP contribution in [0.2, 0.25) is 0 Å². The average molecular weight is 260 g/mol. The van der Waals surface area contributed by atoms with Gasteiger partial charge in [0.1, 0.15) is 0 Å². The first-order valence-electron chi connectivity index (χ1n) is 5.26. The van der Waals surface area contributed by atoms with Crippen LogP contribution in [0, 0.1) is 6.92 Å². The zero-order valence-corrected chi connectivity index (χ0v) is 10.5. The summed E-state index contributed by atoms with van der Waals surface area (Å²) in [6, 6.07) is 2.45. The molecule has 2 nitrogen and oxygen atoms in total. The molecular weight excluding hydrogens is 246 g/mol. The quantitative estimate of drug-likeness (QED) is 0.809. The average Bonchev–Trinajstić information content (AvgIpc) is 2.26. The van der Waals surface area contributed by atoms with E-state index >= 15 is 0 Å². The second-order valence-electron chi connectivity index (χ2n) is 3.61. The van der Waals surface area contributed by atoms with Crippen LogP contribution < -0.4 is 0 Å². The van der Waals surface area contributed by atoms with Crippen molar-refractivity contribution in [2.24, 2.45) is 0 Å². The van der Waals surface area contributed by atoms with Gasteiger partial charge in [0, 0.05) is 10.5 Å². The van der Waals surface area contributed by atoms with Gasteiger partial charge in [-0.25, -0.2) is 13.6 Å². The molecule has 0 radical (unpaired) electrons. The Balaban J connectivity index is 3.26. The van der Waals surface area contributed by atoms with Gasteiger partial charge in [-0.1, -0.05) is 13.0 Å². The minimum atomic E-state index is -2.57. The molecule has 0 bridgehead atoms. The van der Waals surface area contributed by atoms with Crippen molar-refractivity contribution in [3.05, 3.63) is 28.8 Å². The number of alkyl halides is 2. The van der Waals surface area contributed by atoms with E-state index < -0.39 is 12.4 Å². The third kappa shape index (κ3) is 3.19. The molecule has 0 atom stereocenters. The second-order valence-corrected chi connectivity index (χ2v) is 4.72. The smallest absolute Gasteiger partial charge is 0.335 e. The van der Waals surface area contributed by atoms with Crippen molar-refractivity contribution in [3.8, 4) is 0 Å². The first-order valence-corrected chi connectivity index (χ1v) is 6.25. The molecule has 0 aliphatic carbocycles. The summed E-state index contributed by atoms with van der Waals surface area (Å²) in [6.07, 6.45) is -1.72. The molecule has 94 valence electrons. The van der Waals surface area contributed by atoms with Crippen LogP contribution in [-0.4, -0.2) is 16.8 Å². The minimum absolute atomic E-state index is 0.0778. The maximum Gasteiger partial charge on any atom is 0.335 e. The Labute approximate surface area is 103 Å². The van der Waals surface area contributed by atoms with Crippen molar-refractivity contribution in [3.63, 3.8) is 0 Å². The monoisotopic (exact) mass is 260 g/mol. The molecule has 1 rings (SSSR count). The Kier molecular flexibility index (Phi) is 4.93. The zero-order chi connectivity index (χ0) is 13.0. The number of carbonyl (C=O) groups is 1. The summed E-state index contributed by atoms with van der Waals surface area (Å²) in [5, 5.41) is 8.95. The predicted octanol–water partition coefficient (Wildman–Crippen LogP) is 4.13. The molecule has 17 heavy (non-hydrogen) atoms. The third-order valence-corrected chi connectivity index (χ3v) is 3.80. The number of carboxylic acids is 1. The molecule has 0 aliphatic heterocycles. The number of aromatic carboxylic acids is 1. The Morgan fingerprint density at radius 1 is 1.47 bits per heavy atom. The van der Waals surface area contributed by atoms with E-state index in [-0.39, 0.29) is 11.1 Å². The molecule has 0 aliphatic rings. The zero-order valence-electron chi connectivity index (χ0n) is 9.67. The van der Waals surface area contributed by atoms with Gasteiger partial charge in [-0.15, -0.1) is 11.8 Å². The Bertz CT molecular complexity index is 419. The largest absolute Gasteiger partial charge is 0.478 e. The molecule has 5 heteroatoms. The molecule has 0 fully saturated rings. The first kappa shape index (κ1) is 14.0. The van der Waals surface area contributed by atoms with E-state index in [1.807, 2.05) is 6.92 Å². The molecule has 0 heterocycles. The molecule has 1 aromatic rings. The van der Waals surface area contributed by atoms with Crippen molar-refractivity contribution in [2.45, 2.75) is 31.6 Å². The first-order chi connectivity index (χ1) is 7.99. The summed E-state index contributed by atoms with van der Waals surface area (Å²) in [5.41, 5.74) is 0.438. The molecule has 0 saturated heterocycles. The molecule has 1 aromatic carbocycles. The van der Waals surface area contributed by atoms with Crippen molar-refractivity contribution in [2.75, 3.05) is 5.75 Å². The van der Waals surface area contributed by atoms with Crippen LogP contribution >= 0.6 is 11.8 Å². The lowest BCUT2D eigenvalue weighted by molar-refractivity contribution is 0.0695. The summed E-state index contributed by atoms with van der Waals surface area (Å²) >= 11 is 1.29. The number of carboxylic acid groups (broad SMARTS) is 1.